The molecule has 0 saturated heterocycles. The van der Waals surface area contributed by atoms with Crippen molar-refractivity contribution in [3.8, 4) is 0 Å². The number of aromatic nitrogens is 4. The minimum Gasteiger partial charge on any atom is -0.387 e. The summed E-state index contributed by atoms with van der Waals surface area (Å²) in [4.78, 5) is 21.7. The molecule has 4 heterocycles. The molecule has 0 amide bonds. The van der Waals surface area contributed by atoms with Crippen molar-refractivity contribution < 1.29 is 5.11 Å². The minimum atomic E-state index is -0.504. The van der Waals surface area contributed by atoms with Gasteiger partial charge in [-0.05, 0) is 23.9 Å². The van der Waals surface area contributed by atoms with Gasteiger partial charge in [-0.15, -0.1) is 11.3 Å². The van der Waals surface area contributed by atoms with Gasteiger partial charge in [0.25, 0.3) is 5.56 Å². The molecule has 1 aliphatic rings. The van der Waals surface area contributed by atoms with E-state index in [2.05, 4.69) is 20.0 Å². The normalized spacial score (nSPS) is 16.4. The minimum absolute atomic E-state index is 0.0691. The Morgan fingerprint density at radius 1 is 1.46 bits per heavy atom. The number of hydrogen-bond acceptors (Lipinski definition) is 6. The number of thiophene rings is 1. The molecule has 2 N–H and O–H groups in total. The van der Waals surface area contributed by atoms with Gasteiger partial charge < -0.3 is 10.1 Å². The van der Waals surface area contributed by atoms with Gasteiger partial charge in [0.05, 0.1) is 36.1 Å². The van der Waals surface area contributed by atoms with Crippen molar-refractivity contribution >= 4 is 21.6 Å². The summed E-state index contributed by atoms with van der Waals surface area (Å²) in [7, 11) is 0. The topological polar surface area (TPSA) is 87.0 Å². The third-order valence-corrected chi connectivity index (χ3v) is 5.26. The second-order valence-corrected chi connectivity index (χ2v) is 6.98. The molecule has 3 aromatic rings. The summed E-state index contributed by atoms with van der Waals surface area (Å²) in [6.45, 7) is 4.88. The number of hydrogen-bond donors (Lipinski definition) is 2. The van der Waals surface area contributed by atoms with Crippen LogP contribution in [0.5, 0.6) is 0 Å². The molecule has 3 aromatic heterocycles. The van der Waals surface area contributed by atoms with E-state index in [1.54, 1.807) is 0 Å². The molecule has 0 aromatic carbocycles. The van der Waals surface area contributed by atoms with E-state index in [9.17, 15) is 9.90 Å². The van der Waals surface area contributed by atoms with Gasteiger partial charge in [0.2, 0.25) is 0 Å². The van der Waals surface area contributed by atoms with Gasteiger partial charge in [0, 0.05) is 13.1 Å². The molecule has 0 saturated carbocycles. The maximum absolute atomic E-state index is 12.1. The number of aliphatic hydroxyl groups excluding tert-OH is 1. The fraction of sp³-hybridized carbons (Fsp3) is 0.438. The number of nitrogens with zero attached hydrogens (tertiary/aromatic N) is 4. The SMILES string of the molecule is CCC(O)c1cc2n(n1)CCN(Cc1nc3ccsc3c(=O)[nH]1)C2. The highest BCUT2D eigenvalue weighted by molar-refractivity contribution is 7.17. The van der Waals surface area contributed by atoms with Crippen LogP contribution in [0.1, 0.15) is 36.7 Å². The lowest BCUT2D eigenvalue weighted by atomic mass is 10.2. The Morgan fingerprint density at radius 2 is 2.33 bits per heavy atom. The zero-order chi connectivity index (χ0) is 16.7. The molecule has 0 aliphatic carbocycles. The predicted molar refractivity (Wildman–Crippen MR) is 91.8 cm³/mol. The van der Waals surface area contributed by atoms with Crippen LogP contribution in [-0.2, 0) is 19.6 Å². The third-order valence-electron chi connectivity index (χ3n) is 4.36. The molecule has 0 bridgehead atoms. The average molecular weight is 345 g/mol. The molecule has 8 heteroatoms. The Hall–Kier alpha value is -2.03. The Bertz CT molecular complexity index is 928. The summed E-state index contributed by atoms with van der Waals surface area (Å²) in [5, 5.41) is 16.3. The van der Waals surface area contributed by atoms with E-state index in [0.29, 0.717) is 23.5 Å². The van der Waals surface area contributed by atoms with Crippen LogP contribution in [0.3, 0.4) is 0 Å². The standard InChI is InChI=1S/C16H19N5O2S/c1-2-13(22)12-7-10-8-20(4-5-21(10)19-12)9-14-17-11-3-6-24-15(11)16(23)18-14/h3,6-7,13,22H,2,4-5,8-9H2,1H3,(H,17,18,23). The second-order valence-electron chi connectivity index (χ2n) is 6.07. The predicted octanol–water partition coefficient (Wildman–Crippen LogP) is 1.64. The van der Waals surface area contributed by atoms with E-state index >= 15 is 0 Å². The summed E-state index contributed by atoms with van der Waals surface area (Å²) in [6, 6.07) is 3.85. The maximum Gasteiger partial charge on any atom is 0.268 e. The molecule has 0 radical (unpaired) electrons. The second kappa shape index (κ2) is 6.12. The highest BCUT2D eigenvalue weighted by Crippen LogP contribution is 2.21. The van der Waals surface area contributed by atoms with Gasteiger partial charge >= 0.3 is 0 Å². The maximum atomic E-state index is 12.1. The molecule has 24 heavy (non-hydrogen) atoms. The molecule has 1 aliphatic heterocycles. The number of H-pyrrole nitrogens is 1. The van der Waals surface area contributed by atoms with Crippen molar-refractivity contribution in [3.05, 3.63) is 45.1 Å². The molecular weight excluding hydrogens is 326 g/mol. The zero-order valence-corrected chi connectivity index (χ0v) is 14.2. The van der Waals surface area contributed by atoms with Gasteiger partial charge in [-0.25, -0.2) is 4.98 Å². The van der Waals surface area contributed by atoms with E-state index in [-0.39, 0.29) is 5.56 Å². The van der Waals surface area contributed by atoms with Crippen molar-refractivity contribution in [3.63, 3.8) is 0 Å². The smallest absolute Gasteiger partial charge is 0.268 e. The summed E-state index contributed by atoms with van der Waals surface area (Å²) < 4.78 is 2.64. The van der Waals surface area contributed by atoms with Crippen LogP contribution in [-0.4, -0.2) is 36.3 Å². The fourth-order valence-electron chi connectivity index (χ4n) is 3.06. The lowest BCUT2D eigenvalue weighted by Gasteiger charge is -2.26. The van der Waals surface area contributed by atoms with Crippen LogP contribution in [0.2, 0.25) is 0 Å². The number of rotatable bonds is 4. The first kappa shape index (κ1) is 15.5. The summed E-state index contributed by atoms with van der Waals surface area (Å²) in [5.41, 5.74) is 2.51. The molecule has 7 nitrogen and oxygen atoms in total. The number of aromatic amines is 1. The molecule has 1 unspecified atom stereocenters. The van der Waals surface area contributed by atoms with Gasteiger partial charge in [-0.3, -0.25) is 14.4 Å². The van der Waals surface area contributed by atoms with Crippen LogP contribution in [0.25, 0.3) is 10.2 Å². The van der Waals surface area contributed by atoms with Crippen LogP contribution in [0, 0.1) is 0 Å². The van der Waals surface area contributed by atoms with Crippen molar-refractivity contribution in [2.45, 2.75) is 39.1 Å². The van der Waals surface area contributed by atoms with E-state index in [4.69, 9.17) is 0 Å². The summed E-state index contributed by atoms with van der Waals surface area (Å²) in [5.74, 6) is 0.688. The van der Waals surface area contributed by atoms with Gasteiger partial charge in [0.1, 0.15) is 10.5 Å². The third kappa shape index (κ3) is 2.77. The quantitative estimate of drug-likeness (QED) is 0.751. The Labute approximate surface area is 142 Å². The Balaban J connectivity index is 1.53. The van der Waals surface area contributed by atoms with E-state index in [1.807, 2.05) is 29.1 Å². The lowest BCUT2D eigenvalue weighted by Crippen LogP contribution is -2.34. The van der Waals surface area contributed by atoms with Crippen LogP contribution in [0.4, 0.5) is 0 Å². The first-order valence-corrected chi connectivity index (χ1v) is 8.95. The first-order chi connectivity index (χ1) is 11.6. The lowest BCUT2D eigenvalue weighted by molar-refractivity contribution is 0.166. The molecule has 1 atom stereocenters. The van der Waals surface area contributed by atoms with Crippen molar-refractivity contribution in [2.75, 3.05) is 6.54 Å². The van der Waals surface area contributed by atoms with E-state index < -0.39 is 6.10 Å². The van der Waals surface area contributed by atoms with Gasteiger partial charge in [-0.1, -0.05) is 6.92 Å². The zero-order valence-electron chi connectivity index (χ0n) is 13.4. The molecule has 0 fully saturated rings. The monoisotopic (exact) mass is 345 g/mol. The number of fused-ring (bicyclic) bond motifs is 2. The van der Waals surface area contributed by atoms with Gasteiger partial charge in [-0.2, -0.15) is 5.10 Å². The van der Waals surface area contributed by atoms with Crippen LogP contribution < -0.4 is 5.56 Å². The largest absolute Gasteiger partial charge is 0.387 e. The number of nitrogens with one attached hydrogen (secondary N) is 1. The van der Waals surface area contributed by atoms with Gasteiger partial charge in [0.15, 0.2) is 0 Å². The van der Waals surface area contributed by atoms with Crippen molar-refractivity contribution in [1.82, 2.24) is 24.6 Å². The van der Waals surface area contributed by atoms with Crippen LogP contribution in [0.15, 0.2) is 22.3 Å². The highest BCUT2D eigenvalue weighted by Gasteiger charge is 2.21. The van der Waals surface area contributed by atoms with Crippen molar-refractivity contribution in [2.24, 2.45) is 0 Å². The fourth-order valence-corrected chi connectivity index (χ4v) is 3.78. The highest BCUT2D eigenvalue weighted by atomic mass is 32.1. The molecule has 4 rings (SSSR count). The van der Waals surface area contributed by atoms with Crippen molar-refractivity contribution in [1.29, 1.82) is 0 Å². The Kier molecular flexibility index (Phi) is 3.95. The average Bonchev–Trinajstić information content (AvgIpc) is 3.20. The summed E-state index contributed by atoms with van der Waals surface area (Å²) in [6.07, 6.45) is 0.155. The van der Waals surface area contributed by atoms with E-state index in [0.717, 1.165) is 36.5 Å². The van der Waals surface area contributed by atoms with Crippen LogP contribution >= 0.6 is 11.3 Å². The Morgan fingerprint density at radius 3 is 3.17 bits per heavy atom. The molecular formula is C16H19N5O2S. The first-order valence-electron chi connectivity index (χ1n) is 8.07. The molecule has 0 spiro atoms. The van der Waals surface area contributed by atoms with E-state index in [1.165, 1.54) is 11.3 Å². The summed E-state index contributed by atoms with van der Waals surface area (Å²) >= 11 is 1.41. The molecule has 126 valence electrons. The number of aliphatic hydroxyl groups is 1.